The molecule has 0 saturated carbocycles. The van der Waals surface area contributed by atoms with Gasteiger partial charge in [-0.3, -0.25) is 14.9 Å². The van der Waals surface area contributed by atoms with E-state index >= 15 is 0 Å². The number of benzene rings is 1. The van der Waals surface area contributed by atoms with E-state index in [0.717, 1.165) is 0 Å². The minimum atomic E-state index is -0.551. The fourth-order valence-electron chi connectivity index (χ4n) is 1.83. The van der Waals surface area contributed by atoms with Gasteiger partial charge >= 0.3 is 0 Å². The van der Waals surface area contributed by atoms with Gasteiger partial charge in [-0.2, -0.15) is 0 Å². The van der Waals surface area contributed by atoms with Crippen molar-refractivity contribution in [2.45, 2.75) is 11.2 Å². The summed E-state index contributed by atoms with van der Waals surface area (Å²) in [4.78, 5) is 23.4. The predicted molar refractivity (Wildman–Crippen MR) is 67.2 cm³/mol. The van der Waals surface area contributed by atoms with Crippen LogP contribution in [0.25, 0.3) is 0 Å². The van der Waals surface area contributed by atoms with E-state index in [1.165, 1.54) is 17.0 Å². The van der Waals surface area contributed by atoms with Crippen LogP contribution in [0.4, 0.5) is 17.1 Å². The molecule has 17 heavy (non-hydrogen) atoms. The van der Waals surface area contributed by atoms with Crippen molar-refractivity contribution in [3.05, 3.63) is 28.3 Å². The third-order valence-corrected chi connectivity index (χ3v) is 3.24. The first-order chi connectivity index (χ1) is 8.00. The number of para-hydroxylation sites is 1. The van der Waals surface area contributed by atoms with Crippen LogP contribution in [-0.2, 0) is 4.79 Å². The van der Waals surface area contributed by atoms with E-state index in [1.807, 2.05) is 0 Å². The zero-order valence-electron chi connectivity index (χ0n) is 8.80. The monoisotopic (exact) mass is 299 g/mol. The first-order valence-electron chi connectivity index (χ1n) is 4.98. The van der Waals surface area contributed by atoms with Crippen LogP contribution in [0.5, 0.6) is 0 Å². The van der Waals surface area contributed by atoms with Gasteiger partial charge in [-0.1, -0.05) is 22.0 Å². The Labute approximate surface area is 106 Å². The van der Waals surface area contributed by atoms with E-state index in [9.17, 15) is 14.9 Å². The van der Waals surface area contributed by atoms with Crippen molar-refractivity contribution in [1.29, 1.82) is 0 Å². The largest absolute Gasteiger partial charge is 0.391 e. The average Bonchev–Trinajstić information content (AvgIpc) is 2.57. The molecule has 7 heteroatoms. The molecule has 0 radical (unpaired) electrons. The molecule has 1 saturated heterocycles. The van der Waals surface area contributed by atoms with Gasteiger partial charge in [0.1, 0.15) is 5.69 Å². The number of amides is 1. The SMILES string of the molecule is Nc1c(N2CC(Br)CC2=O)cccc1[N+](=O)[O-]. The van der Waals surface area contributed by atoms with Crippen LogP contribution in [0.1, 0.15) is 6.42 Å². The van der Waals surface area contributed by atoms with Gasteiger partial charge in [0.15, 0.2) is 0 Å². The Morgan fingerprint density at radius 1 is 1.53 bits per heavy atom. The van der Waals surface area contributed by atoms with Crippen molar-refractivity contribution in [2.24, 2.45) is 0 Å². The normalized spacial score (nSPS) is 19.7. The minimum Gasteiger partial charge on any atom is -0.391 e. The van der Waals surface area contributed by atoms with Crippen LogP contribution >= 0.6 is 15.9 Å². The first kappa shape index (κ1) is 11.8. The number of nitro groups is 1. The molecule has 0 spiro atoms. The van der Waals surface area contributed by atoms with Crippen LogP contribution in [0, 0.1) is 10.1 Å². The maximum Gasteiger partial charge on any atom is 0.294 e. The number of halogens is 1. The number of nitrogens with two attached hydrogens (primary N) is 1. The first-order valence-corrected chi connectivity index (χ1v) is 5.89. The Bertz CT molecular complexity index is 492. The molecule has 90 valence electrons. The van der Waals surface area contributed by atoms with Gasteiger partial charge in [0.05, 0.1) is 10.6 Å². The van der Waals surface area contributed by atoms with Crippen LogP contribution in [0.3, 0.4) is 0 Å². The Morgan fingerprint density at radius 2 is 2.24 bits per heavy atom. The molecule has 1 fully saturated rings. The second-order valence-corrected chi connectivity index (χ2v) is 5.07. The van der Waals surface area contributed by atoms with Gasteiger partial charge in [-0.25, -0.2) is 0 Å². The lowest BCUT2D eigenvalue weighted by Gasteiger charge is -2.17. The van der Waals surface area contributed by atoms with Crippen LogP contribution in [0.15, 0.2) is 18.2 Å². The lowest BCUT2D eigenvalue weighted by atomic mass is 10.2. The lowest BCUT2D eigenvalue weighted by molar-refractivity contribution is -0.383. The van der Waals surface area contributed by atoms with Gasteiger partial charge < -0.3 is 10.6 Å². The van der Waals surface area contributed by atoms with Gasteiger partial charge in [0.25, 0.3) is 5.69 Å². The number of nitro benzene ring substituents is 1. The van der Waals surface area contributed by atoms with Crippen molar-refractivity contribution in [2.75, 3.05) is 17.2 Å². The summed E-state index contributed by atoms with van der Waals surface area (Å²) in [7, 11) is 0. The Hall–Kier alpha value is -1.63. The molecule has 1 unspecified atom stereocenters. The number of nitrogen functional groups attached to an aromatic ring is 1. The highest BCUT2D eigenvalue weighted by Gasteiger charge is 2.31. The highest BCUT2D eigenvalue weighted by atomic mass is 79.9. The highest BCUT2D eigenvalue weighted by Crippen LogP contribution is 2.35. The van der Waals surface area contributed by atoms with E-state index < -0.39 is 4.92 Å². The van der Waals surface area contributed by atoms with Gasteiger partial charge in [0.2, 0.25) is 5.91 Å². The summed E-state index contributed by atoms with van der Waals surface area (Å²) < 4.78 is 0. The van der Waals surface area contributed by atoms with Gasteiger partial charge in [-0.15, -0.1) is 0 Å². The second-order valence-electron chi connectivity index (χ2n) is 3.77. The molecule has 1 heterocycles. The fourth-order valence-corrected chi connectivity index (χ4v) is 2.40. The van der Waals surface area contributed by atoms with Crippen LogP contribution < -0.4 is 10.6 Å². The molecule has 0 bridgehead atoms. The minimum absolute atomic E-state index is 0.0347. The molecule has 0 aromatic heterocycles. The van der Waals surface area contributed by atoms with E-state index in [2.05, 4.69) is 15.9 Å². The van der Waals surface area contributed by atoms with Gasteiger partial charge in [0, 0.05) is 23.9 Å². The second kappa shape index (κ2) is 4.33. The molecule has 2 N–H and O–H groups in total. The molecule has 1 aliphatic rings. The topological polar surface area (TPSA) is 89.5 Å². The summed E-state index contributed by atoms with van der Waals surface area (Å²) in [6.07, 6.45) is 0.377. The lowest BCUT2D eigenvalue weighted by Crippen LogP contribution is -2.25. The van der Waals surface area contributed by atoms with E-state index in [4.69, 9.17) is 5.73 Å². The molecule has 1 aromatic rings. The number of anilines is 2. The molecule has 1 amide bonds. The molecule has 1 atom stereocenters. The molecule has 6 nitrogen and oxygen atoms in total. The number of nitrogens with zero attached hydrogens (tertiary/aromatic N) is 2. The van der Waals surface area contributed by atoms with Crippen molar-refractivity contribution in [3.8, 4) is 0 Å². The molecule has 1 aliphatic heterocycles. The molecule has 0 aliphatic carbocycles. The number of hydrogen-bond acceptors (Lipinski definition) is 4. The molecule has 1 aromatic carbocycles. The standard InChI is InChI=1S/C10H10BrN3O3/c11-6-4-9(15)13(5-6)7-2-1-3-8(10(7)12)14(16)17/h1-3,6H,4-5,12H2. The zero-order valence-corrected chi connectivity index (χ0v) is 10.4. The Morgan fingerprint density at radius 3 is 2.76 bits per heavy atom. The molecular formula is C10H10BrN3O3. The molecule has 2 rings (SSSR count). The van der Waals surface area contributed by atoms with E-state index in [0.29, 0.717) is 18.7 Å². The summed E-state index contributed by atoms with van der Waals surface area (Å²) >= 11 is 3.35. The number of rotatable bonds is 2. The van der Waals surface area contributed by atoms with Crippen LogP contribution in [0.2, 0.25) is 0 Å². The Kier molecular flexibility index (Phi) is 3.01. The van der Waals surface area contributed by atoms with E-state index in [-0.39, 0.29) is 22.1 Å². The maximum absolute atomic E-state index is 11.7. The van der Waals surface area contributed by atoms with Crippen molar-refractivity contribution < 1.29 is 9.72 Å². The predicted octanol–water partition coefficient (Wildman–Crippen LogP) is 1.68. The zero-order chi connectivity index (χ0) is 12.6. The van der Waals surface area contributed by atoms with Crippen molar-refractivity contribution in [1.82, 2.24) is 0 Å². The number of alkyl halides is 1. The van der Waals surface area contributed by atoms with E-state index in [1.54, 1.807) is 6.07 Å². The quantitative estimate of drug-likeness (QED) is 0.389. The van der Waals surface area contributed by atoms with Crippen molar-refractivity contribution in [3.63, 3.8) is 0 Å². The summed E-state index contributed by atoms with van der Waals surface area (Å²) in [6.45, 7) is 0.476. The summed E-state index contributed by atoms with van der Waals surface area (Å²) in [5.74, 6) is -0.0842. The average molecular weight is 300 g/mol. The third kappa shape index (κ3) is 2.10. The number of carbonyl (C=O) groups excluding carboxylic acids is 1. The fraction of sp³-hybridized carbons (Fsp3) is 0.300. The summed E-state index contributed by atoms with van der Waals surface area (Å²) in [5, 5.41) is 10.7. The number of carbonyl (C=O) groups is 1. The third-order valence-electron chi connectivity index (χ3n) is 2.63. The summed E-state index contributed by atoms with van der Waals surface area (Å²) in [6, 6.07) is 4.47. The van der Waals surface area contributed by atoms with Crippen molar-refractivity contribution >= 4 is 38.9 Å². The van der Waals surface area contributed by atoms with Crippen LogP contribution in [-0.4, -0.2) is 22.2 Å². The Balaban J connectivity index is 2.43. The smallest absolute Gasteiger partial charge is 0.294 e. The number of hydrogen-bond donors (Lipinski definition) is 1. The maximum atomic E-state index is 11.7. The summed E-state index contributed by atoms with van der Waals surface area (Å²) in [5.41, 5.74) is 5.99. The molecular weight excluding hydrogens is 290 g/mol. The van der Waals surface area contributed by atoms with Gasteiger partial charge in [-0.05, 0) is 6.07 Å². The highest BCUT2D eigenvalue weighted by molar-refractivity contribution is 9.09.